The first-order valence-electron chi connectivity index (χ1n) is 20.7. The van der Waals surface area contributed by atoms with Gasteiger partial charge in [0.25, 0.3) is 0 Å². The minimum atomic E-state index is 0.190. The summed E-state index contributed by atoms with van der Waals surface area (Å²) in [5.74, 6) is 0.190. The van der Waals surface area contributed by atoms with E-state index < -0.39 is 0 Å². The molecule has 1 unspecified atom stereocenters. The molecule has 0 aliphatic carbocycles. The molecule has 0 amide bonds. The van der Waals surface area contributed by atoms with E-state index in [1.54, 1.807) is 0 Å². The van der Waals surface area contributed by atoms with Gasteiger partial charge < -0.3 is 9.32 Å². The maximum Gasteiger partial charge on any atom is 0.137 e. The molecule has 9 aromatic rings. The van der Waals surface area contributed by atoms with Gasteiger partial charge in [0.05, 0.1) is 5.70 Å². The van der Waals surface area contributed by atoms with Crippen molar-refractivity contribution in [2.45, 2.75) is 25.7 Å². The van der Waals surface area contributed by atoms with Crippen LogP contribution in [-0.2, 0) is 0 Å². The molecule has 3 heteroatoms. The van der Waals surface area contributed by atoms with E-state index in [0.717, 1.165) is 79.9 Å². The summed E-state index contributed by atoms with van der Waals surface area (Å²) < 4.78 is 6.74. The zero-order valence-electron chi connectivity index (χ0n) is 33.8. The van der Waals surface area contributed by atoms with Gasteiger partial charge >= 0.3 is 0 Å². The van der Waals surface area contributed by atoms with E-state index >= 15 is 0 Å². The molecule has 290 valence electrons. The number of nitrogens with zero attached hydrogens (tertiary/aromatic N) is 2. The molecule has 0 saturated heterocycles. The normalized spacial score (nSPS) is 12.4. The van der Waals surface area contributed by atoms with Crippen molar-refractivity contribution in [1.29, 1.82) is 0 Å². The minimum Gasteiger partial charge on any atom is -0.456 e. The van der Waals surface area contributed by atoms with Gasteiger partial charge in [0.1, 0.15) is 11.2 Å². The maximum atomic E-state index is 6.74. The van der Waals surface area contributed by atoms with Crippen LogP contribution in [0.1, 0.15) is 42.4 Å². The Morgan fingerprint density at radius 3 is 1.85 bits per heavy atom. The highest BCUT2D eigenvalue weighted by Gasteiger charge is 2.19. The quantitative estimate of drug-likeness (QED) is 0.0862. The van der Waals surface area contributed by atoms with Crippen molar-refractivity contribution in [3.63, 3.8) is 0 Å². The van der Waals surface area contributed by atoms with Gasteiger partial charge in [-0.05, 0) is 95.6 Å². The number of allylic oxidation sites excluding steroid dienone is 2. The number of benzene rings is 8. The fourth-order valence-corrected chi connectivity index (χ4v) is 8.19. The molecule has 8 aromatic carbocycles. The monoisotopic (exact) mass is 774 g/mol. The average molecular weight is 775 g/mol. The molecule has 0 aliphatic rings. The molecule has 0 bridgehead atoms. The van der Waals surface area contributed by atoms with Crippen molar-refractivity contribution >= 4 is 50.4 Å². The van der Waals surface area contributed by atoms with Gasteiger partial charge in [0.2, 0.25) is 0 Å². The second-order valence-corrected chi connectivity index (χ2v) is 15.1. The summed E-state index contributed by atoms with van der Waals surface area (Å²) in [5, 5.41) is 2.11. The number of aliphatic imine (C=N–C) groups is 1. The minimum absolute atomic E-state index is 0.190. The van der Waals surface area contributed by atoms with E-state index in [1.807, 2.05) is 6.07 Å². The van der Waals surface area contributed by atoms with E-state index in [0.29, 0.717) is 0 Å². The Bertz CT molecular complexity index is 2950. The number of fused-ring (bicyclic) bond motifs is 3. The Morgan fingerprint density at radius 2 is 1.15 bits per heavy atom. The van der Waals surface area contributed by atoms with Crippen molar-refractivity contribution < 1.29 is 4.42 Å². The number of para-hydroxylation sites is 1. The molecule has 0 aliphatic heterocycles. The summed E-state index contributed by atoms with van der Waals surface area (Å²) >= 11 is 0. The second kappa shape index (κ2) is 17.6. The Hall–Kier alpha value is -7.49. The first-order valence-corrected chi connectivity index (χ1v) is 20.7. The van der Waals surface area contributed by atoms with Gasteiger partial charge in [0, 0.05) is 51.1 Å². The van der Waals surface area contributed by atoms with Crippen LogP contribution in [0, 0.1) is 0 Å². The van der Waals surface area contributed by atoms with E-state index in [2.05, 4.69) is 231 Å². The lowest BCUT2D eigenvalue weighted by molar-refractivity contribution is 0.669. The molecule has 1 heterocycles. The van der Waals surface area contributed by atoms with Gasteiger partial charge in [0.15, 0.2) is 0 Å². The number of hydrogen-bond acceptors (Lipinski definition) is 3. The Balaban J connectivity index is 1.10. The predicted octanol–water partition coefficient (Wildman–Crippen LogP) is 16.0. The molecule has 60 heavy (non-hydrogen) atoms. The van der Waals surface area contributed by atoms with Crippen molar-refractivity contribution in [2.75, 3.05) is 4.90 Å². The molecule has 1 aromatic heterocycles. The number of furan rings is 1. The molecule has 0 saturated carbocycles. The fourth-order valence-electron chi connectivity index (χ4n) is 8.19. The van der Waals surface area contributed by atoms with Crippen LogP contribution < -0.4 is 4.90 Å². The average Bonchev–Trinajstić information content (AvgIpc) is 3.70. The maximum absolute atomic E-state index is 6.74. The van der Waals surface area contributed by atoms with Crippen LogP contribution in [0.4, 0.5) is 17.1 Å². The van der Waals surface area contributed by atoms with Crippen molar-refractivity contribution in [3.05, 3.63) is 242 Å². The summed E-state index contributed by atoms with van der Waals surface area (Å²) in [7, 11) is 0. The summed E-state index contributed by atoms with van der Waals surface area (Å²) in [6.07, 6.45) is 6.09. The zero-order chi connectivity index (χ0) is 40.7. The molecule has 0 N–H and O–H groups in total. The summed E-state index contributed by atoms with van der Waals surface area (Å²) in [6.45, 7) is 6.36. The van der Waals surface area contributed by atoms with Gasteiger partial charge in [-0.1, -0.05) is 170 Å². The molecule has 0 radical (unpaired) electrons. The number of hydrogen-bond donors (Lipinski definition) is 0. The highest BCUT2D eigenvalue weighted by Crippen LogP contribution is 2.41. The fraction of sp³-hybridized carbons (Fsp3) is 0.0702. The van der Waals surface area contributed by atoms with Crippen LogP contribution in [0.3, 0.4) is 0 Å². The van der Waals surface area contributed by atoms with Crippen LogP contribution in [0.5, 0.6) is 0 Å². The third kappa shape index (κ3) is 8.12. The lowest BCUT2D eigenvalue weighted by atomic mass is 9.91. The summed E-state index contributed by atoms with van der Waals surface area (Å²) in [6, 6.07) is 72.5. The van der Waals surface area contributed by atoms with Gasteiger partial charge in [-0.2, -0.15) is 0 Å². The first kappa shape index (κ1) is 38.1. The lowest BCUT2D eigenvalue weighted by Gasteiger charge is -2.26. The van der Waals surface area contributed by atoms with Crippen LogP contribution in [-0.4, -0.2) is 5.71 Å². The zero-order valence-corrected chi connectivity index (χ0v) is 33.8. The number of rotatable bonds is 13. The molecule has 0 spiro atoms. The molecular weight excluding hydrogens is 729 g/mol. The molecule has 9 rings (SSSR count). The molecular formula is C57H46N2O. The van der Waals surface area contributed by atoms with E-state index in [1.165, 1.54) is 22.3 Å². The largest absolute Gasteiger partial charge is 0.456 e. The van der Waals surface area contributed by atoms with Crippen molar-refractivity contribution in [1.82, 2.24) is 0 Å². The summed E-state index contributed by atoms with van der Waals surface area (Å²) in [5.41, 5.74) is 14.9. The smallest absolute Gasteiger partial charge is 0.137 e. The van der Waals surface area contributed by atoms with E-state index in [-0.39, 0.29) is 5.92 Å². The Labute approximate surface area is 352 Å². The Morgan fingerprint density at radius 1 is 0.567 bits per heavy atom. The van der Waals surface area contributed by atoms with Gasteiger partial charge in [-0.3, -0.25) is 4.99 Å². The van der Waals surface area contributed by atoms with Crippen LogP contribution in [0.15, 0.2) is 234 Å². The molecule has 1 atom stereocenters. The lowest BCUT2D eigenvalue weighted by Crippen LogP contribution is -2.09. The second-order valence-electron chi connectivity index (χ2n) is 15.1. The highest BCUT2D eigenvalue weighted by molar-refractivity contribution is 6.12. The predicted molar refractivity (Wildman–Crippen MR) is 255 cm³/mol. The van der Waals surface area contributed by atoms with E-state index in [9.17, 15) is 0 Å². The Kier molecular flexibility index (Phi) is 11.1. The highest BCUT2D eigenvalue weighted by atomic mass is 16.3. The molecule has 3 nitrogen and oxygen atoms in total. The van der Waals surface area contributed by atoms with Gasteiger partial charge in [-0.25, -0.2) is 0 Å². The van der Waals surface area contributed by atoms with Crippen molar-refractivity contribution in [3.8, 4) is 22.3 Å². The third-order valence-corrected chi connectivity index (χ3v) is 11.2. The van der Waals surface area contributed by atoms with Crippen LogP contribution in [0.2, 0.25) is 0 Å². The first-order chi connectivity index (χ1) is 29.6. The van der Waals surface area contributed by atoms with Crippen LogP contribution in [0.25, 0.3) is 49.9 Å². The third-order valence-electron chi connectivity index (χ3n) is 11.2. The standard InChI is InChI=1S/C57H46N2O/c1-3-42(46-27-16-28-47(38-46)44-22-10-5-11-23-44)26-18-34-54(58-41(2)43-20-8-4-9-21-43)52-33-19-35-55-57(52)53-37-36-51(40-56(53)60-55)59(49-30-14-7-15-31-49)50-32-17-29-48(39-50)45-24-12-6-13-25-45/h3-17,19-25,27-40,42H,1,18,26H2,2H3/b54-34-,58-41?. The van der Waals surface area contributed by atoms with Crippen LogP contribution >= 0.6 is 0 Å². The van der Waals surface area contributed by atoms with Crippen molar-refractivity contribution in [2.24, 2.45) is 4.99 Å². The number of anilines is 3. The van der Waals surface area contributed by atoms with E-state index in [4.69, 9.17) is 9.41 Å². The van der Waals surface area contributed by atoms with Gasteiger partial charge in [-0.15, -0.1) is 6.58 Å². The molecule has 0 fully saturated rings. The summed E-state index contributed by atoms with van der Waals surface area (Å²) in [4.78, 5) is 7.66. The topological polar surface area (TPSA) is 28.7 Å². The SMILES string of the molecule is C=CC(CC/C=C(\N=C(C)c1ccccc1)c1cccc2oc3cc(N(c4ccccc4)c4cccc(-c5ccccc5)c4)ccc3c12)c1cccc(-c2ccccc2)c1.